The molecule has 3 aromatic carbocycles. The summed E-state index contributed by atoms with van der Waals surface area (Å²) in [5.74, 6) is -0.227. The molecule has 0 saturated carbocycles. The molecule has 10 heteroatoms. The predicted molar refractivity (Wildman–Crippen MR) is 117 cm³/mol. The van der Waals surface area contributed by atoms with Crippen LogP contribution in [0.4, 0.5) is 0 Å². The van der Waals surface area contributed by atoms with Crippen LogP contribution in [0.1, 0.15) is 27.0 Å². The van der Waals surface area contributed by atoms with E-state index in [9.17, 15) is 15.0 Å². The number of carbonyl (C=O) groups is 1. The molecule has 1 atom stereocenters. The van der Waals surface area contributed by atoms with Gasteiger partial charge in [0.2, 0.25) is 0 Å². The standard InChI is InChI=1S/C20H8Br4O5.K/c21-15-13-14(16(22)18(24)17(15)23)20(29-19(13)27)9-3-1-7(25)5-11(9)28-12-6-8(26)2-4-10(12)20;/h1-6,25-26H;/q;+1/p-1. The van der Waals surface area contributed by atoms with Crippen LogP contribution in [0.3, 0.4) is 0 Å². The van der Waals surface area contributed by atoms with Crippen molar-refractivity contribution in [2.45, 2.75) is 5.60 Å². The van der Waals surface area contributed by atoms with E-state index in [0.29, 0.717) is 45.9 Å². The van der Waals surface area contributed by atoms with Crippen molar-refractivity contribution in [1.82, 2.24) is 0 Å². The van der Waals surface area contributed by atoms with Crippen LogP contribution >= 0.6 is 63.7 Å². The maximum Gasteiger partial charge on any atom is 1.00 e. The molecule has 2 aliphatic rings. The molecule has 0 fully saturated rings. The molecule has 1 unspecified atom stereocenters. The van der Waals surface area contributed by atoms with Crippen LogP contribution in [0.15, 0.2) is 54.3 Å². The van der Waals surface area contributed by atoms with Crippen molar-refractivity contribution < 1.29 is 75.9 Å². The number of rotatable bonds is 0. The molecule has 0 aromatic heterocycles. The van der Waals surface area contributed by atoms with Gasteiger partial charge in [-0.3, -0.25) is 0 Å². The molecule has 0 bridgehead atoms. The molecule has 0 amide bonds. The van der Waals surface area contributed by atoms with Crippen molar-refractivity contribution >= 4 is 69.7 Å². The summed E-state index contributed by atoms with van der Waals surface area (Å²) in [7, 11) is 0. The largest absolute Gasteiger partial charge is 1.00 e. The summed E-state index contributed by atoms with van der Waals surface area (Å²) in [5, 5.41) is 22.0. The van der Waals surface area contributed by atoms with Crippen molar-refractivity contribution in [3.63, 3.8) is 0 Å². The maximum absolute atomic E-state index is 13.1. The average molecular weight is 686 g/mol. The molecule has 146 valence electrons. The van der Waals surface area contributed by atoms with Gasteiger partial charge in [-0.15, -0.1) is 5.75 Å². The number of aromatic hydroxyl groups is 1. The summed E-state index contributed by atoms with van der Waals surface area (Å²) in [4.78, 5) is 13.1. The molecular weight excluding hydrogens is 679 g/mol. The Hall–Kier alpha value is 0.0864. The summed E-state index contributed by atoms with van der Waals surface area (Å²) in [6.07, 6.45) is 0. The van der Waals surface area contributed by atoms with Crippen molar-refractivity contribution in [2.24, 2.45) is 0 Å². The number of ether oxygens (including phenoxy) is 2. The van der Waals surface area contributed by atoms with Crippen LogP contribution < -0.4 is 61.2 Å². The van der Waals surface area contributed by atoms with Crippen molar-refractivity contribution in [3.8, 4) is 23.0 Å². The first-order valence-electron chi connectivity index (χ1n) is 8.18. The third-order valence-corrected chi connectivity index (χ3v) is 9.73. The summed E-state index contributed by atoms with van der Waals surface area (Å²) >= 11 is 14.1. The van der Waals surface area contributed by atoms with Crippen LogP contribution in [-0.4, -0.2) is 11.1 Å². The fourth-order valence-electron chi connectivity index (χ4n) is 3.80. The van der Waals surface area contributed by atoms with Gasteiger partial charge in [-0.1, -0.05) is 12.1 Å². The predicted octanol–water partition coefficient (Wildman–Crippen LogP) is 3.09. The number of esters is 1. The Morgan fingerprint density at radius 3 is 2.17 bits per heavy atom. The number of phenolic OH excluding ortho intramolecular Hbond substituents is 1. The molecule has 5 rings (SSSR count). The van der Waals surface area contributed by atoms with Gasteiger partial charge < -0.3 is 19.7 Å². The molecule has 3 aromatic rings. The zero-order chi connectivity index (χ0) is 20.7. The monoisotopic (exact) mass is 682 g/mol. The zero-order valence-electron chi connectivity index (χ0n) is 15.1. The van der Waals surface area contributed by atoms with Crippen LogP contribution in [-0.2, 0) is 10.3 Å². The first-order chi connectivity index (χ1) is 13.8. The maximum atomic E-state index is 13.1. The van der Waals surface area contributed by atoms with Gasteiger partial charge in [-0.2, -0.15) is 0 Å². The smallest absolute Gasteiger partial charge is 0.872 e. The van der Waals surface area contributed by atoms with Gasteiger partial charge in [-0.25, -0.2) is 4.79 Å². The second-order valence-electron chi connectivity index (χ2n) is 6.52. The number of halogens is 4. The molecule has 1 spiro atoms. The van der Waals surface area contributed by atoms with E-state index in [2.05, 4.69) is 63.7 Å². The molecule has 1 N–H and O–H groups in total. The van der Waals surface area contributed by atoms with Gasteiger partial charge in [0, 0.05) is 40.6 Å². The summed E-state index contributed by atoms with van der Waals surface area (Å²) in [5.41, 5.74) is 0.616. The van der Waals surface area contributed by atoms with Gasteiger partial charge in [0.05, 0.1) is 5.56 Å². The number of fused-ring (bicyclic) bond motifs is 6. The van der Waals surface area contributed by atoms with Gasteiger partial charge in [0.1, 0.15) is 17.2 Å². The molecule has 0 radical (unpaired) electrons. The summed E-state index contributed by atoms with van der Waals surface area (Å²) in [6, 6.07) is 8.92. The molecule has 5 nitrogen and oxygen atoms in total. The Morgan fingerprint density at radius 2 is 1.47 bits per heavy atom. The molecule has 2 heterocycles. The first kappa shape index (κ1) is 23.3. The fourth-order valence-corrected chi connectivity index (χ4v) is 6.36. The first-order valence-corrected chi connectivity index (χ1v) is 11.4. The molecule has 30 heavy (non-hydrogen) atoms. The van der Waals surface area contributed by atoms with Crippen LogP contribution in [0.5, 0.6) is 23.0 Å². The van der Waals surface area contributed by atoms with Gasteiger partial charge in [-0.05, 0) is 81.9 Å². The number of hydrogen-bond acceptors (Lipinski definition) is 5. The molecule has 0 saturated heterocycles. The van der Waals surface area contributed by atoms with Gasteiger partial charge in [0.25, 0.3) is 0 Å². The Kier molecular flexibility index (Phi) is 6.31. The van der Waals surface area contributed by atoms with E-state index in [1.165, 1.54) is 24.3 Å². The minimum atomic E-state index is -1.36. The Balaban J connectivity index is 0.00000218. The van der Waals surface area contributed by atoms with E-state index in [4.69, 9.17) is 9.47 Å². The second-order valence-corrected chi connectivity index (χ2v) is 9.69. The average Bonchev–Trinajstić information content (AvgIpc) is 2.97. The topological polar surface area (TPSA) is 78.8 Å². The van der Waals surface area contributed by atoms with Crippen molar-refractivity contribution in [1.29, 1.82) is 0 Å². The van der Waals surface area contributed by atoms with Crippen molar-refractivity contribution in [3.05, 3.63) is 76.5 Å². The van der Waals surface area contributed by atoms with Gasteiger partial charge >= 0.3 is 57.4 Å². The van der Waals surface area contributed by atoms with Crippen LogP contribution in [0.2, 0.25) is 0 Å². The number of hydrogen-bond donors (Lipinski definition) is 1. The Labute approximate surface area is 247 Å². The minimum absolute atomic E-state index is 0. The Morgan fingerprint density at radius 1 is 0.867 bits per heavy atom. The van der Waals surface area contributed by atoms with Gasteiger partial charge in [0.15, 0.2) is 5.60 Å². The summed E-state index contributed by atoms with van der Waals surface area (Å²) in [6.45, 7) is 0. The third-order valence-electron chi connectivity index (χ3n) is 4.97. The van der Waals surface area contributed by atoms with E-state index in [0.717, 1.165) is 0 Å². The SMILES string of the molecule is O=C1OC2(c3ccc([O-])cc3Oc3cc(O)ccc32)c2c(Br)c(Br)c(Br)c(Br)c21.[K+]. The Bertz CT molecular complexity index is 1210. The normalized spacial score (nSPS) is 18.1. The van der Waals surface area contributed by atoms with Crippen LogP contribution in [0, 0.1) is 0 Å². The summed E-state index contributed by atoms with van der Waals surface area (Å²) < 4.78 is 14.5. The quantitative estimate of drug-likeness (QED) is 0.171. The second kappa shape index (κ2) is 8.14. The molecule has 0 aliphatic carbocycles. The minimum Gasteiger partial charge on any atom is -0.872 e. The third kappa shape index (κ3) is 3.13. The van der Waals surface area contributed by atoms with E-state index >= 15 is 0 Å². The van der Waals surface area contributed by atoms with E-state index in [1.807, 2.05) is 0 Å². The number of benzene rings is 3. The van der Waals surface area contributed by atoms with Crippen molar-refractivity contribution in [2.75, 3.05) is 0 Å². The zero-order valence-corrected chi connectivity index (χ0v) is 24.5. The number of phenols is 1. The fraction of sp³-hybridized carbons (Fsp3) is 0.0500. The molecule has 2 aliphatic heterocycles. The van der Waals surface area contributed by atoms with Crippen LogP contribution in [0.25, 0.3) is 0 Å². The van der Waals surface area contributed by atoms with E-state index in [-0.39, 0.29) is 68.6 Å². The van der Waals surface area contributed by atoms with E-state index in [1.54, 1.807) is 12.1 Å². The van der Waals surface area contributed by atoms with E-state index < -0.39 is 11.6 Å². The number of carbonyl (C=O) groups excluding carboxylic acids is 1. The molecular formula is C20H7Br4KO5.